The van der Waals surface area contributed by atoms with Gasteiger partial charge in [-0.1, -0.05) is 19.1 Å². The van der Waals surface area contributed by atoms with E-state index in [2.05, 4.69) is 10.6 Å². The van der Waals surface area contributed by atoms with Gasteiger partial charge in [0, 0.05) is 12.0 Å². The van der Waals surface area contributed by atoms with Crippen molar-refractivity contribution in [3.8, 4) is 5.75 Å². The zero-order chi connectivity index (χ0) is 23.3. The van der Waals surface area contributed by atoms with Gasteiger partial charge in [0.05, 0.1) is 31.6 Å². The van der Waals surface area contributed by atoms with Crippen molar-refractivity contribution in [1.29, 1.82) is 0 Å². The van der Waals surface area contributed by atoms with E-state index in [0.29, 0.717) is 35.5 Å². The second kappa shape index (κ2) is 10.4. The van der Waals surface area contributed by atoms with Crippen LogP contribution in [0.25, 0.3) is 0 Å². The number of ether oxygens (including phenoxy) is 2. The Hall–Kier alpha value is -3.20. The molecule has 0 aliphatic carbocycles. The SMILES string of the molecule is CCOC(=O)NC(=S)Nc1cc2c(cc1OC)N(Cc1cccc(F)c1)C(=O)C(C)CC2. The molecule has 7 nitrogen and oxygen atoms in total. The summed E-state index contributed by atoms with van der Waals surface area (Å²) in [5.41, 5.74) is 2.87. The summed E-state index contributed by atoms with van der Waals surface area (Å²) in [6.45, 7) is 4.06. The van der Waals surface area contributed by atoms with E-state index in [0.717, 1.165) is 5.56 Å². The van der Waals surface area contributed by atoms with Crippen molar-refractivity contribution in [2.75, 3.05) is 23.9 Å². The van der Waals surface area contributed by atoms with Crippen LogP contribution in [0.2, 0.25) is 0 Å². The largest absolute Gasteiger partial charge is 0.494 e. The Bertz CT molecular complexity index is 1030. The highest BCUT2D eigenvalue weighted by molar-refractivity contribution is 7.80. The van der Waals surface area contributed by atoms with E-state index in [1.807, 2.05) is 13.0 Å². The molecule has 1 heterocycles. The molecule has 2 amide bonds. The number of amides is 2. The molecule has 32 heavy (non-hydrogen) atoms. The summed E-state index contributed by atoms with van der Waals surface area (Å²) < 4.78 is 24.1. The Labute approximate surface area is 191 Å². The van der Waals surface area contributed by atoms with Crippen molar-refractivity contribution in [2.45, 2.75) is 33.2 Å². The highest BCUT2D eigenvalue weighted by Crippen LogP contribution is 2.38. The summed E-state index contributed by atoms with van der Waals surface area (Å²) in [5.74, 6) is -0.124. The number of carbonyl (C=O) groups excluding carboxylic acids is 2. The number of nitrogens with zero attached hydrogens (tertiary/aromatic N) is 1. The van der Waals surface area contributed by atoms with E-state index < -0.39 is 6.09 Å². The van der Waals surface area contributed by atoms with Crippen LogP contribution in [0.15, 0.2) is 36.4 Å². The average molecular weight is 460 g/mol. The van der Waals surface area contributed by atoms with Crippen molar-refractivity contribution in [3.05, 3.63) is 53.3 Å². The summed E-state index contributed by atoms with van der Waals surface area (Å²) in [6, 6.07) is 9.84. The fraction of sp³-hybridized carbons (Fsp3) is 0.348. The van der Waals surface area contributed by atoms with Crippen molar-refractivity contribution >= 4 is 40.7 Å². The quantitative estimate of drug-likeness (QED) is 0.646. The van der Waals surface area contributed by atoms with E-state index >= 15 is 0 Å². The Kier molecular flexibility index (Phi) is 7.63. The van der Waals surface area contributed by atoms with Crippen molar-refractivity contribution in [2.24, 2.45) is 5.92 Å². The second-order valence-corrected chi connectivity index (χ2v) is 7.88. The lowest BCUT2D eigenvalue weighted by molar-refractivity contribution is -0.122. The number of halogens is 1. The maximum absolute atomic E-state index is 13.7. The number of hydrogen-bond donors (Lipinski definition) is 2. The molecule has 0 saturated heterocycles. The summed E-state index contributed by atoms with van der Waals surface area (Å²) in [6.07, 6.45) is 0.681. The molecule has 1 unspecified atom stereocenters. The molecule has 1 aliphatic heterocycles. The van der Waals surface area contributed by atoms with Crippen LogP contribution in [0.1, 0.15) is 31.4 Å². The fourth-order valence-corrected chi connectivity index (χ4v) is 3.80. The summed E-state index contributed by atoms with van der Waals surface area (Å²) in [5, 5.41) is 5.46. The number of rotatable bonds is 5. The lowest BCUT2D eigenvalue weighted by Crippen LogP contribution is -2.35. The average Bonchev–Trinajstić information content (AvgIpc) is 2.85. The first-order valence-electron chi connectivity index (χ1n) is 10.3. The third kappa shape index (κ3) is 5.53. The van der Waals surface area contributed by atoms with Gasteiger partial charge in [-0.3, -0.25) is 10.1 Å². The van der Waals surface area contributed by atoms with Gasteiger partial charge >= 0.3 is 6.09 Å². The van der Waals surface area contributed by atoms with Crippen molar-refractivity contribution < 1.29 is 23.5 Å². The van der Waals surface area contributed by atoms with Gasteiger partial charge in [0.25, 0.3) is 0 Å². The van der Waals surface area contributed by atoms with Crippen LogP contribution in [-0.4, -0.2) is 30.8 Å². The molecule has 170 valence electrons. The Morgan fingerprint density at radius 1 is 1.31 bits per heavy atom. The third-order valence-electron chi connectivity index (χ3n) is 5.19. The molecule has 0 aromatic heterocycles. The van der Waals surface area contributed by atoms with Gasteiger partial charge in [-0.15, -0.1) is 0 Å². The number of aryl methyl sites for hydroxylation is 1. The van der Waals surface area contributed by atoms with E-state index in [4.69, 9.17) is 21.7 Å². The predicted molar refractivity (Wildman–Crippen MR) is 124 cm³/mol. The molecule has 2 aromatic rings. The highest BCUT2D eigenvalue weighted by atomic mass is 32.1. The molecule has 1 atom stereocenters. The maximum Gasteiger partial charge on any atom is 0.413 e. The molecular weight excluding hydrogens is 433 g/mol. The molecule has 2 N–H and O–H groups in total. The van der Waals surface area contributed by atoms with Gasteiger partial charge in [-0.2, -0.15) is 0 Å². The maximum atomic E-state index is 13.7. The molecule has 0 saturated carbocycles. The first-order valence-corrected chi connectivity index (χ1v) is 10.7. The Morgan fingerprint density at radius 3 is 2.78 bits per heavy atom. The predicted octanol–water partition coefficient (Wildman–Crippen LogP) is 4.39. The van der Waals surface area contributed by atoms with Crippen LogP contribution in [0, 0.1) is 11.7 Å². The molecule has 0 spiro atoms. The first-order chi connectivity index (χ1) is 15.3. The molecular formula is C23H26FN3O4S. The van der Waals surface area contributed by atoms with Gasteiger partial charge in [0.15, 0.2) is 5.11 Å². The van der Waals surface area contributed by atoms with Crippen LogP contribution in [0.3, 0.4) is 0 Å². The molecule has 9 heteroatoms. The van der Waals surface area contributed by atoms with Gasteiger partial charge in [0.1, 0.15) is 11.6 Å². The minimum Gasteiger partial charge on any atom is -0.494 e. The zero-order valence-electron chi connectivity index (χ0n) is 18.2. The number of fused-ring (bicyclic) bond motifs is 1. The zero-order valence-corrected chi connectivity index (χ0v) is 19.1. The number of alkyl carbamates (subject to hydrolysis) is 1. The van der Waals surface area contributed by atoms with E-state index in [9.17, 15) is 14.0 Å². The summed E-state index contributed by atoms with van der Waals surface area (Å²) in [4.78, 5) is 26.4. The van der Waals surface area contributed by atoms with Crippen molar-refractivity contribution in [1.82, 2.24) is 5.32 Å². The van der Waals surface area contributed by atoms with E-state index in [1.165, 1.54) is 19.2 Å². The first kappa shape index (κ1) is 23.5. The van der Waals surface area contributed by atoms with Crippen LogP contribution in [0.4, 0.5) is 20.6 Å². The second-order valence-electron chi connectivity index (χ2n) is 7.47. The van der Waals surface area contributed by atoms with E-state index in [-0.39, 0.29) is 35.9 Å². The lowest BCUT2D eigenvalue weighted by atomic mass is 10.0. The van der Waals surface area contributed by atoms with Gasteiger partial charge in [0.2, 0.25) is 5.91 Å². The van der Waals surface area contributed by atoms with Crippen LogP contribution in [-0.2, 0) is 22.5 Å². The number of methoxy groups -OCH3 is 1. The smallest absolute Gasteiger partial charge is 0.413 e. The normalized spacial score (nSPS) is 15.4. The van der Waals surface area contributed by atoms with Crippen LogP contribution in [0.5, 0.6) is 5.75 Å². The third-order valence-corrected chi connectivity index (χ3v) is 5.40. The molecule has 0 fully saturated rings. The summed E-state index contributed by atoms with van der Waals surface area (Å²) >= 11 is 5.20. The summed E-state index contributed by atoms with van der Waals surface area (Å²) in [7, 11) is 1.51. The molecule has 0 radical (unpaired) electrons. The van der Waals surface area contributed by atoms with Crippen LogP contribution >= 0.6 is 12.2 Å². The lowest BCUT2D eigenvalue weighted by Gasteiger charge is -2.26. The topological polar surface area (TPSA) is 79.9 Å². The number of nitrogens with one attached hydrogen (secondary N) is 2. The minimum atomic E-state index is -0.653. The molecule has 2 aromatic carbocycles. The number of carbonyl (C=O) groups is 2. The number of benzene rings is 2. The Morgan fingerprint density at radius 2 is 2.09 bits per heavy atom. The molecule has 0 bridgehead atoms. The number of anilines is 2. The minimum absolute atomic E-state index is 0.0322. The molecule has 1 aliphatic rings. The van der Waals surface area contributed by atoms with Crippen LogP contribution < -0.4 is 20.3 Å². The van der Waals surface area contributed by atoms with Crippen molar-refractivity contribution in [3.63, 3.8) is 0 Å². The number of hydrogen-bond acceptors (Lipinski definition) is 5. The standard InChI is InChI=1S/C23H26FN3O4S/c1-4-31-23(29)26-22(32)25-18-11-16-9-8-14(2)21(28)27(19(16)12-20(18)30-3)13-15-6-5-7-17(24)10-15/h5-7,10-12,14H,4,8-9,13H2,1-3H3,(H2,25,26,29,32). The van der Waals surface area contributed by atoms with Gasteiger partial charge in [-0.05, 0) is 61.3 Å². The fourth-order valence-electron chi connectivity index (χ4n) is 3.61. The number of thiocarbonyl (C=S) groups is 1. The molecule has 3 rings (SSSR count). The Balaban J connectivity index is 1.94. The van der Waals surface area contributed by atoms with Gasteiger partial charge < -0.3 is 19.7 Å². The monoisotopic (exact) mass is 459 g/mol. The highest BCUT2D eigenvalue weighted by Gasteiger charge is 2.29. The van der Waals surface area contributed by atoms with Gasteiger partial charge in [-0.25, -0.2) is 9.18 Å². The van der Waals surface area contributed by atoms with E-state index in [1.54, 1.807) is 30.0 Å².